The molecule has 0 bridgehead atoms. The Hall–Kier alpha value is -1.61. The summed E-state index contributed by atoms with van der Waals surface area (Å²) in [7, 11) is 0. The van der Waals surface area contributed by atoms with E-state index in [9.17, 15) is 0 Å². The Morgan fingerprint density at radius 1 is 1.30 bits per heavy atom. The summed E-state index contributed by atoms with van der Waals surface area (Å²) in [4.78, 5) is 4.73. The van der Waals surface area contributed by atoms with E-state index >= 15 is 0 Å². The quantitative estimate of drug-likeness (QED) is 0.924. The summed E-state index contributed by atoms with van der Waals surface area (Å²) in [5, 5.41) is 3.40. The lowest BCUT2D eigenvalue weighted by Crippen LogP contribution is -2.25. The van der Waals surface area contributed by atoms with E-state index in [0.717, 1.165) is 25.9 Å². The SMILES string of the molecule is Cc1nc2c(n1C(C)CCc1ccccc1)CCNC2. The van der Waals surface area contributed by atoms with E-state index in [-0.39, 0.29) is 0 Å². The number of nitrogens with zero attached hydrogens (tertiary/aromatic N) is 2. The van der Waals surface area contributed by atoms with Gasteiger partial charge in [0.1, 0.15) is 5.82 Å². The monoisotopic (exact) mass is 269 g/mol. The molecule has 3 nitrogen and oxygen atoms in total. The zero-order valence-corrected chi connectivity index (χ0v) is 12.4. The molecule has 1 unspecified atom stereocenters. The van der Waals surface area contributed by atoms with Crippen molar-refractivity contribution in [3.8, 4) is 0 Å². The van der Waals surface area contributed by atoms with E-state index in [1.165, 1.54) is 29.2 Å². The molecule has 20 heavy (non-hydrogen) atoms. The van der Waals surface area contributed by atoms with Crippen molar-refractivity contribution in [2.45, 2.75) is 45.7 Å². The Labute approximate surface area is 121 Å². The van der Waals surface area contributed by atoms with Crippen LogP contribution in [-0.2, 0) is 19.4 Å². The molecule has 1 aliphatic rings. The topological polar surface area (TPSA) is 29.9 Å². The van der Waals surface area contributed by atoms with Gasteiger partial charge in [0.05, 0.1) is 5.69 Å². The number of fused-ring (bicyclic) bond motifs is 1. The van der Waals surface area contributed by atoms with Crippen molar-refractivity contribution in [3.63, 3.8) is 0 Å². The van der Waals surface area contributed by atoms with Gasteiger partial charge in [-0.1, -0.05) is 30.3 Å². The van der Waals surface area contributed by atoms with Gasteiger partial charge < -0.3 is 9.88 Å². The number of aryl methyl sites for hydroxylation is 2. The molecule has 3 heteroatoms. The van der Waals surface area contributed by atoms with Crippen LogP contribution in [0.4, 0.5) is 0 Å². The van der Waals surface area contributed by atoms with Crippen LogP contribution in [-0.4, -0.2) is 16.1 Å². The van der Waals surface area contributed by atoms with Gasteiger partial charge in [-0.25, -0.2) is 4.98 Å². The number of benzene rings is 1. The fraction of sp³-hybridized carbons (Fsp3) is 0.471. The largest absolute Gasteiger partial charge is 0.329 e. The van der Waals surface area contributed by atoms with E-state index in [1.54, 1.807) is 0 Å². The van der Waals surface area contributed by atoms with Gasteiger partial charge in [0.15, 0.2) is 0 Å². The third kappa shape index (κ3) is 2.63. The average Bonchev–Trinajstić information content (AvgIpc) is 2.82. The van der Waals surface area contributed by atoms with E-state index < -0.39 is 0 Å². The highest BCUT2D eigenvalue weighted by Crippen LogP contribution is 2.23. The third-order valence-electron chi connectivity index (χ3n) is 4.23. The van der Waals surface area contributed by atoms with E-state index in [4.69, 9.17) is 4.98 Å². The standard InChI is InChI=1S/C17H23N3/c1-13(8-9-15-6-4-3-5-7-15)20-14(2)19-16-12-18-11-10-17(16)20/h3-7,13,18H,8-12H2,1-2H3. The van der Waals surface area contributed by atoms with Crippen molar-refractivity contribution in [1.29, 1.82) is 0 Å². The highest BCUT2D eigenvalue weighted by atomic mass is 15.1. The maximum atomic E-state index is 4.73. The van der Waals surface area contributed by atoms with Crippen molar-refractivity contribution in [2.24, 2.45) is 0 Å². The predicted octanol–water partition coefficient (Wildman–Crippen LogP) is 3.03. The first kappa shape index (κ1) is 13.4. The molecule has 2 heterocycles. The van der Waals surface area contributed by atoms with Crippen molar-refractivity contribution in [1.82, 2.24) is 14.9 Å². The summed E-state index contributed by atoms with van der Waals surface area (Å²) in [6, 6.07) is 11.3. The molecule has 2 aromatic rings. The van der Waals surface area contributed by atoms with Crippen LogP contribution < -0.4 is 5.32 Å². The Kier molecular flexibility index (Phi) is 3.88. The lowest BCUT2D eigenvalue weighted by Gasteiger charge is -2.21. The summed E-state index contributed by atoms with van der Waals surface area (Å²) < 4.78 is 2.46. The molecule has 1 atom stereocenters. The van der Waals surface area contributed by atoms with Crippen LogP contribution in [0.15, 0.2) is 30.3 Å². The predicted molar refractivity (Wildman–Crippen MR) is 81.8 cm³/mol. The van der Waals surface area contributed by atoms with Crippen molar-refractivity contribution in [3.05, 3.63) is 53.1 Å². The minimum atomic E-state index is 0.518. The molecule has 0 aliphatic carbocycles. The van der Waals surface area contributed by atoms with Crippen LogP contribution in [0.2, 0.25) is 0 Å². The second kappa shape index (κ2) is 5.80. The van der Waals surface area contributed by atoms with Gasteiger partial charge in [0.25, 0.3) is 0 Å². The number of aromatic nitrogens is 2. The summed E-state index contributed by atoms with van der Waals surface area (Å²) in [6.45, 7) is 6.45. The third-order valence-corrected chi connectivity index (χ3v) is 4.23. The zero-order chi connectivity index (χ0) is 13.9. The zero-order valence-electron chi connectivity index (χ0n) is 12.4. The van der Waals surface area contributed by atoms with Gasteiger partial charge in [-0.05, 0) is 32.3 Å². The van der Waals surface area contributed by atoms with E-state index in [1.807, 2.05) is 0 Å². The summed E-state index contributed by atoms with van der Waals surface area (Å²) >= 11 is 0. The normalized spacial score (nSPS) is 15.9. The maximum absolute atomic E-state index is 4.73. The molecule has 1 aromatic heterocycles. The van der Waals surface area contributed by atoms with Crippen LogP contribution in [0.5, 0.6) is 0 Å². The second-order valence-corrected chi connectivity index (χ2v) is 5.72. The van der Waals surface area contributed by atoms with Crippen LogP contribution in [0.1, 0.15) is 42.2 Å². The van der Waals surface area contributed by atoms with Gasteiger partial charge in [0.2, 0.25) is 0 Å². The Balaban J connectivity index is 1.74. The molecule has 0 radical (unpaired) electrons. The fourth-order valence-corrected chi connectivity index (χ4v) is 3.20. The smallest absolute Gasteiger partial charge is 0.106 e. The van der Waals surface area contributed by atoms with Crippen LogP contribution in [0, 0.1) is 6.92 Å². The summed E-state index contributed by atoms with van der Waals surface area (Å²) in [6.07, 6.45) is 3.40. The molecular formula is C17H23N3. The molecule has 0 amide bonds. The molecule has 0 fully saturated rings. The Bertz CT molecular complexity index is 571. The van der Waals surface area contributed by atoms with Crippen LogP contribution in [0.25, 0.3) is 0 Å². The molecule has 3 rings (SSSR count). The number of hydrogen-bond acceptors (Lipinski definition) is 2. The van der Waals surface area contributed by atoms with E-state index in [0.29, 0.717) is 6.04 Å². The molecule has 1 aliphatic heterocycles. The van der Waals surface area contributed by atoms with Gasteiger partial charge >= 0.3 is 0 Å². The first-order chi connectivity index (χ1) is 9.75. The molecule has 0 saturated carbocycles. The molecule has 0 spiro atoms. The number of imidazole rings is 1. The van der Waals surface area contributed by atoms with Crippen molar-refractivity contribution >= 4 is 0 Å². The molecule has 1 N–H and O–H groups in total. The Morgan fingerprint density at radius 3 is 2.90 bits per heavy atom. The van der Waals surface area contributed by atoms with Crippen molar-refractivity contribution < 1.29 is 0 Å². The first-order valence-corrected chi connectivity index (χ1v) is 7.57. The minimum absolute atomic E-state index is 0.518. The first-order valence-electron chi connectivity index (χ1n) is 7.57. The summed E-state index contributed by atoms with van der Waals surface area (Å²) in [5.74, 6) is 1.17. The van der Waals surface area contributed by atoms with Gasteiger partial charge in [-0.2, -0.15) is 0 Å². The maximum Gasteiger partial charge on any atom is 0.106 e. The molecule has 106 valence electrons. The lowest BCUT2D eigenvalue weighted by molar-refractivity contribution is 0.471. The van der Waals surface area contributed by atoms with E-state index in [2.05, 4.69) is 54.1 Å². The van der Waals surface area contributed by atoms with Gasteiger partial charge in [-0.15, -0.1) is 0 Å². The van der Waals surface area contributed by atoms with Gasteiger partial charge in [-0.3, -0.25) is 0 Å². The number of nitrogens with one attached hydrogen (secondary N) is 1. The van der Waals surface area contributed by atoms with Crippen LogP contribution >= 0.6 is 0 Å². The highest BCUT2D eigenvalue weighted by molar-refractivity contribution is 5.21. The molecular weight excluding hydrogens is 246 g/mol. The Morgan fingerprint density at radius 2 is 2.10 bits per heavy atom. The molecule has 0 saturated heterocycles. The highest BCUT2D eigenvalue weighted by Gasteiger charge is 2.20. The van der Waals surface area contributed by atoms with Crippen molar-refractivity contribution in [2.75, 3.05) is 6.54 Å². The minimum Gasteiger partial charge on any atom is -0.329 e. The number of rotatable bonds is 4. The average molecular weight is 269 g/mol. The number of hydrogen-bond donors (Lipinski definition) is 1. The van der Waals surface area contributed by atoms with Crippen LogP contribution in [0.3, 0.4) is 0 Å². The fourth-order valence-electron chi connectivity index (χ4n) is 3.20. The second-order valence-electron chi connectivity index (χ2n) is 5.72. The summed E-state index contributed by atoms with van der Waals surface area (Å²) in [5.41, 5.74) is 4.12. The molecule has 1 aromatic carbocycles. The lowest BCUT2D eigenvalue weighted by atomic mass is 10.1. The van der Waals surface area contributed by atoms with Gasteiger partial charge in [0, 0.05) is 31.2 Å².